The molecule has 2 fully saturated rings. The van der Waals surface area contributed by atoms with E-state index in [4.69, 9.17) is 9.97 Å². The van der Waals surface area contributed by atoms with Crippen LogP contribution in [0, 0.1) is 23.7 Å². The third-order valence-electron chi connectivity index (χ3n) is 8.22. The highest BCUT2D eigenvalue weighted by Gasteiger charge is 2.49. The molecule has 1 unspecified atom stereocenters. The molecule has 9 heteroatoms. The van der Waals surface area contributed by atoms with E-state index in [2.05, 4.69) is 54.7 Å². The summed E-state index contributed by atoms with van der Waals surface area (Å²) in [6, 6.07) is 0.0883. The third kappa shape index (κ3) is 5.52. The van der Waals surface area contributed by atoms with Crippen molar-refractivity contribution in [1.82, 2.24) is 25.1 Å². The number of carbonyl (C=O) groups excluding carboxylic acids is 1. The maximum Gasteiger partial charge on any atom is 0.245 e. The van der Waals surface area contributed by atoms with Gasteiger partial charge in [-0.3, -0.25) is 4.79 Å². The standard InChI is InChI=1S/C28H41N7OS/c1-7-23(36)35-16-28(17-35)12-13-34(15-28)26-30-22-14-27(5,6)11-10-20(22)24(31-26)29-21(9-8-18(2)3)25-33-32-19(4)37-25/h7,18,21H,1,8-17H2,2-6H3,(H,29,30,31). The lowest BCUT2D eigenvalue weighted by atomic mass is 9.76. The molecule has 1 atom stereocenters. The average Bonchev–Trinajstić information content (AvgIpc) is 3.46. The Hall–Kier alpha value is -2.55. The number of aromatic nitrogens is 4. The monoisotopic (exact) mass is 523 g/mol. The fourth-order valence-corrected chi connectivity index (χ4v) is 6.76. The lowest BCUT2D eigenvalue weighted by Crippen LogP contribution is -2.59. The maximum absolute atomic E-state index is 12.0. The number of amides is 1. The highest BCUT2D eigenvalue weighted by Crippen LogP contribution is 2.43. The SMILES string of the molecule is C=CC(=O)N1CC2(CCN(c3nc4c(c(NC(CCC(C)C)c5nnc(C)s5)n3)CCC(C)(C)C4)C2)C1. The quantitative estimate of drug-likeness (QED) is 0.489. The number of nitrogens with one attached hydrogen (secondary N) is 1. The van der Waals surface area contributed by atoms with Crippen LogP contribution in [0.3, 0.4) is 0 Å². The van der Waals surface area contributed by atoms with Gasteiger partial charge in [-0.1, -0.05) is 45.6 Å². The van der Waals surface area contributed by atoms with Crippen molar-refractivity contribution in [3.63, 3.8) is 0 Å². The maximum atomic E-state index is 12.0. The topological polar surface area (TPSA) is 87.1 Å². The highest BCUT2D eigenvalue weighted by molar-refractivity contribution is 7.11. The van der Waals surface area contributed by atoms with Crippen molar-refractivity contribution < 1.29 is 4.79 Å². The fourth-order valence-electron chi connectivity index (χ4n) is 5.98. The minimum Gasteiger partial charge on any atom is -0.360 e. The van der Waals surface area contributed by atoms with Crippen molar-refractivity contribution in [2.75, 3.05) is 36.4 Å². The summed E-state index contributed by atoms with van der Waals surface area (Å²) >= 11 is 1.67. The first-order chi connectivity index (χ1) is 17.6. The second kappa shape index (κ2) is 9.97. The lowest BCUT2D eigenvalue weighted by Gasteiger charge is -2.47. The molecule has 2 aromatic heterocycles. The van der Waals surface area contributed by atoms with Gasteiger partial charge in [-0.25, -0.2) is 4.98 Å². The predicted octanol–water partition coefficient (Wildman–Crippen LogP) is 4.97. The Bertz CT molecular complexity index is 1170. The molecule has 1 spiro atoms. The predicted molar refractivity (Wildman–Crippen MR) is 149 cm³/mol. The molecule has 2 aromatic rings. The molecule has 8 nitrogen and oxygen atoms in total. The van der Waals surface area contributed by atoms with Crippen LogP contribution >= 0.6 is 11.3 Å². The minimum absolute atomic E-state index is 0.0298. The summed E-state index contributed by atoms with van der Waals surface area (Å²) in [5.41, 5.74) is 2.82. The molecule has 2 saturated heterocycles. The van der Waals surface area contributed by atoms with Crippen molar-refractivity contribution in [1.29, 1.82) is 0 Å². The molecule has 200 valence electrons. The van der Waals surface area contributed by atoms with Gasteiger partial charge >= 0.3 is 0 Å². The van der Waals surface area contributed by atoms with Crippen LogP contribution in [0.15, 0.2) is 12.7 Å². The Kier molecular flexibility index (Phi) is 7.02. The Balaban J connectivity index is 1.43. The van der Waals surface area contributed by atoms with Crippen LogP contribution in [0.1, 0.15) is 80.7 Å². The van der Waals surface area contributed by atoms with Crippen LogP contribution in [-0.4, -0.2) is 57.2 Å². The van der Waals surface area contributed by atoms with Crippen LogP contribution in [0.25, 0.3) is 0 Å². The van der Waals surface area contributed by atoms with Gasteiger partial charge in [0.15, 0.2) is 0 Å². The Morgan fingerprint density at radius 3 is 2.62 bits per heavy atom. The molecular weight excluding hydrogens is 482 g/mol. The lowest BCUT2D eigenvalue weighted by molar-refractivity contribution is -0.136. The van der Waals surface area contributed by atoms with Gasteiger partial charge in [-0.15, -0.1) is 10.2 Å². The molecular formula is C28H41N7OS. The Labute approximate surface area is 225 Å². The van der Waals surface area contributed by atoms with E-state index in [1.54, 1.807) is 11.3 Å². The smallest absolute Gasteiger partial charge is 0.245 e. The van der Waals surface area contributed by atoms with Gasteiger partial charge < -0.3 is 15.1 Å². The van der Waals surface area contributed by atoms with E-state index >= 15 is 0 Å². The van der Waals surface area contributed by atoms with E-state index < -0.39 is 0 Å². The zero-order valence-corrected chi connectivity index (χ0v) is 23.8. The molecule has 4 heterocycles. The van der Waals surface area contributed by atoms with E-state index in [0.717, 1.165) is 86.5 Å². The third-order valence-corrected chi connectivity index (χ3v) is 9.17. The van der Waals surface area contributed by atoms with Crippen molar-refractivity contribution in [2.24, 2.45) is 16.7 Å². The molecule has 1 aliphatic carbocycles. The highest BCUT2D eigenvalue weighted by atomic mass is 32.1. The van der Waals surface area contributed by atoms with Crippen molar-refractivity contribution in [3.05, 3.63) is 33.9 Å². The van der Waals surface area contributed by atoms with Crippen LogP contribution in [0.2, 0.25) is 0 Å². The fraction of sp³-hybridized carbons (Fsp3) is 0.679. The molecule has 0 bridgehead atoms. The molecule has 3 aliphatic rings. The summed E-state index contributed by atoms with van der Waals surface area (Å²) in [4.78, 5) is 26.6. The van der Waals surface area contributed by atoms with E-state index in [1.807, 2.05) is 11.8 Å². The molecule has 0 saturated carbocycles. The average molecular weight is 524 g/mol. The summed E-state index contributed by atoms with van der Waals surface area (Å²) < 4.78 is 0. The molecule has 1 N–H and O–H groups in total. The number of hydrogen-bond acceptors (Lipinski definition) is 8. The molecule has 0 radical (unpaired) electrons. The van der Waals surface area contributed by atoms with Crippen LogP contribution in [-0.2, 0) is 17.6 Å². The largest absolute Gasteiger partial charge is 0.360 e. The van der Waals surface area contributed by atoms with Crippen LogP contribution < -0.4 is 10.2 Å². The minimum atomic E-state index is 0.0298. The first-order valence-corrected chi connectivity index (χ1v) is 14.5. The van der Waals surface area contributed by atoms with Gasteiger partial charge in [0.05, 0.1) is 11.7 Å². The second-order valence-electron chi connectivity index (χ2n) is 12.5. The van der Waals surface area contributed by atoms with Gasteiger partial charge in [0.25, 0.3) is 0 Å². The summed E-state index contributed by atoms with van der Waals surface area (Å²) in [7, 11) is 0. The van der Waals surface area contributed by atoms with Gasteiger partial charge in [-0.2, -0.15) is 4.98 Å². The normalized spacial score (nSPS) is 20.6. The summed E-state index contributed by atoms with van der Waals surface area (Å²) in [6.45, 7) is 18.3. The van der Waals surface area contributed by atoms with Crippen molar-refractivity contribution >= 4 is 29.0 Å². The zero-order chi connectivity index (χ0) is 26.4. The summed E-state index contributed by atoms with van der Waals surface area (Å²) in [5, 5.41) is 14.7. The van der Waals surface area contributed by atoms with E-state index in [1.165, 1.54) is 17.3 Å². The molecule has 2 aliphatic heterocycles. The number of anilines is 2. The van der Waals surface area contributed by atoms with Crippen LogP contribution in [0.5, 0.6) is 0 Å². The first kappa shape index (κ1) is 26.1. The Morgan fingerprint density at radius 2 is 1.95 bits per heavy atom. The van der Waals surface area contributed by atoms with Gasteiger partial charge in [-0.05, 0) is 62.9 Å². The van der Waals surface area contributed by atoms with Crippen molar-refractivity contribution in [2.45, 2.75) is 79.2 Å². The second-order valence-corrected chi connectivity index (χ2v) is 13.7. The summed E-state index contributed by atoms with van der Waals surface area (Å²) in [5.74, 6) is 2.43. The molecule has 5 rings (SSSR count). The Morgan fingerprint density at radius 1 is 1.16 bits per heavy atom. The summed E-state index contributed by atoms with van der Waals surface area (Å²) in [6.07, 6.45) is 7.65. The number of fused-ring (bicyclic) bond motifs is 1. The number of hydrogen-bond donors (Lipinski definition) is 1. The zero-order valence-electron chi connectivity index (χ0n) is 23.0. The van der Waals surface area contributed by atoms with Gasteiger partial charge in [0, 0.05) is 37.2 Å². The van der Waals surface area contributed by atoms with E-state index in [9.17, 15) is 4.79 Å². The first-order valence-electron chi connectivity index (χ1n) is 13.7. The molecule has 0 aromatic carbocycles. The molecule has 37 heavy (non-hydrogen) atoms. The number of nitrogens with zero attached hydrogens (tertiary/aromatic N) is 6. The van der Waals surface area contributed by atoms with Gasteiger partial charge in [0.2, 0.25) is 11.9 Å². The van der Waals surface area contributed by atoms with E-state index in [0.29, 0.717) is 5.92 Å². The van der Waals surface area contributed by atoms with Gasteiger partial charge in [0.1, 0.15) is 15.8 Å². The number of rotatable bonds is 8. The number of aryl methyl sites for hydroxylation is 1. The number of carbonyl (C=O) groups is 1. The number of likely N-dealkylation sites (tertiary alicyclic amines) is 1. The van der Waals surface area contributed by atoms with E-state index in [-0.39, 0.29) is 22.8 Å². The van der Waals surface area contributed by atoms with Crippen molar-refractivity contribution in [3.8, 4) is 0 Å². The van der Waals surface area contributed by atoms with Crippen LogP contribution in [0.4, 0.5) is 11.8 Å². The molecule has 1 amide bonds.